The van der Waals surface area contributed by atoms with Crippen LogP contribution in [0.25, 0.3) is 32.7 Å². The molecule has 27 heavy (non-hydrogen) atoms. The minimum Gasteiger partial charge on any atom is -0.507 e. The number of phenolic OH excluding ortho intramolecular Hbond substituents is 1. The normalized spacial score (nSPS) is 11.9. The van der Waals surface area contributed by atoms with Crippen molar-refractivity contribution in [1.82, 2.24) is 4.72 Å². The number of rotatable bonds is 4. The van der Waals surface area contributed by atoms with Gasteiger partial charge in [-0.2, -0.15) is 0 Å². The maximum absolute atomic E-state index is 11.6. The fourth-order valence-corrected chi connectivity index (χ4v) is 3.91. The van der Waals surface area contributed by atoms with Gasteiger partial charge in [-0.3, -0.25) is 0 Å². The van der Waals surface area contributed by atoms with E-state index in [1.165, 1.54) is 0 Å². The predicted octanol–water partition coefficient (Wildman–Crippen LogP) is 4.41. The highest BCUT2D eigenvalue weighted by Crippen LogP contribution is 2.41. The third-order valence-electron chi connectivity index (χ3n) is 4.70. The van der Waals surface area contributed by atoms with E-state index in [0.29, 0.717) is 0 Å². The second-order valence-electron chi connectivity index (χ2n) is 6.59. The highest BCUT2D eigenvalue weighted by Gasteiger charge is 2.17. The van der Waals surface area contributed by atoms with Crippen molar-refractivity contribution in [1.29, 1.82) is 0 Å². The fraction of sp³-hybridized carbons (Fsp3) is 0.0909. The standard InChI is InChI=1S/C22H19NO3S/c1-27(25,26)23-14-17-11-10-15-6-2-4-8-18(15)21(17)22-19-9-5-3-7-16(19)12-13-20(22)24/h2-13,23-24H,14H2,1H3. The zero-order valence-corrected chi connectivity index (χ0v) is 15.6. The van der Waals surface area contributed by atoms with E-state index in [1.54, 1.807) is 6.07 Å². The first kappa shape index (κ1) is 17.5. The topological polar surface area (TPSA) is 66.4 Å². The van der Waals surface area contributed by atoms with Gasteiger partial charge in [0.05, 0.1) is 6.26 Å². The second kappa shape index (κ2) is 6.68. The van der Waals surface area contributed by atoms with Crippen LogP contribution in [0.1, 0.15) is 5.56 Å². The number of hydrogen-bond donors (Lipinski definition) is 2. The molecule has 0 unspecified atom stereocenters. The molecule has 0 heterocycles. The summed E-state index contributed by atoms with van der Waals surface area (Å²) < 4.78 is 25.8. The van der Waals surface area contributed by atoms with Gasteiger partial charge in [-0.1, -0.05) is 66.7 Å². The zero-order chi connectivity index (χ0) is 19.0. The fourth-order valence-electron chi connectivity index (χ4n) is 3.49. The van der Waals surface area contributed by atoms with Crippen LogP contribution in [0.5, 0.6) is 5.75 Å². The lowest BCUT2D eigenvalue weighted by Gasteiger charge is -2.17. The van der Waals surface area contributed by atoms with Crippen LogP contribution in [0.4, 0.5) is 0 Å². The number of fused-ring (bicyclic) bond motifs is 2. The van der Waals surface area contributed by atoms with E-state index in [4.69, 9.17) is 0 Å². The lowest BCUT2D eigenvalue weighted by molar-refractivity contribution is 0.478. The molecule has 0 atom stereocenters. The largest absolute Gasteiger partial charge is 0.507 e. The Morgan fingerprint density at radius 3 is 1.96 bits per heavy atom. The van der Waals surface area contributed by atoms with Crippen LogP contribution in [0.3, 0.4) is 0 Å². The van der Waals surface area contributed by atoms with Crippen LogP contribution in [-0.2, 0) is 16.6 Å². The molecule has 0 aliphatic rings. The Labute approximate surface area is 158 Å². The summed E-state index contributed by atoms with van der Waals surface area (Å²) in [6.45, 7) is 0.154. The molecule has 0 saturated heterocycles. The number of sulfonamides is 1. The molecule has 0 aliphatic carbocycles. The van der Waals surface area contributed by atoms with Gasteiger partial charge in [0.25, 0.3) is 0 Å². The van der Waals surface area contributed by atoms with E-state index < -0.39 is 10.0 Å². The zero-order valence-electron chi connectivity index (χ0n) is 14.8. The van der Waals surface area contributed by atoms with Crippen molar-refractivity contribution < 1.29 is 13.5 Å². The SMILES string of the molecule is CS(=O)(=O)NCc1ccc2ccccc2c1-c1c(O)ccc2ccccc12. The first-order valence-electron chi connectivity index (χ1n) is 8.60. The number of hydrogen-bond acceptors (Lipinski definition) is 3. The lowest BCUT2D eigenvalue weighted by atomic mass is 9.89. The minimum absolute atomic E-state index is 0.154. The Morgan fingerprint density at radius 2 is 1.33 bits per heavy atom. The van der Waals surface area contributed by atoms with Crippen molar-refractivity contribution in [2.45, 2.75) is 6.54 Å². The van der Waals surface area contributed by atoms with Crippen molar-refractivity contribution >= 4 is 31.6 Å². The molecule has 0 fully saturated rings. The lowest BCUT2D eigenvalue weighted by Crippen LogP contribution is -2.21. The highest BCUT2D eigenvalue weighted by atomic mass is 32.2. The molecule has 0 amide bonds. The summed E-state index contributed by atoms with van der Waals surface area (Å²) in [6.07, 6.45) is 1.14. The molecule has 2 N–H and O–H groups in total. The monoisotopic (exact) mass is 377 g/mol. The quantitative estimate of drug-likeness (QED) is 0.553. The Balaban J connectivity index is 2.07. The molecule has 0 aromatic heterocycles. The number of phenols is 1. The van der Waals surface area contributed by atoms with Crippen molar-refractivity contribution in [3.63, 3.8) is 0 Å². The summed E-state index contributed by atoms with van der Waals surface area (Å²) in [7, 11) is -3.34. The molecule has 0 radical (unpaired) electrons. The van der Waals surface area contributed by atoms with Gasteiger partial charge in [-0.15, -0.1) is 0 Å². The van der Waals surface area contributed by atoms with E-state index in [1.807, 2.05) is 66.7 Å². The van der Waals surface area contributed by atoms with Gasteiger partial charge in [0.2, 0.25) is 10.0 Å². The van der Waals surface area contributed by atoms with Gasteiger partial charge < -0.3 is 5.11 Å². The van der Waals surface area contributed by atoms with Crippen LogP contribution < -0.4 is 4.72 Å². The molecule has 4 aromatic carbocycles. The van der Waals surface area contributed by atoms with Gasteiger partial charge >= 0.3 is 0 Å². The van der Waals surface area contributed by atoms with E-state index in [0.717, 1.165) is 44.5 Å². The molecule has 0 aliphatic heterocycles. The van der Waals surface area contributed by atoms with Crippen LogP contribution >= 0.6 is 0 Å². The Morgan fingerprint density at radius 1 is 0.778 bits per heavy atom. The van der Waals surface area contributed by atoms with E-state index in [2.05, 4.69) is 4.72 Å². The summed E-state index contributed by atoms with van der Waals surface area (Å²) in [4.78, 5) is 0. The average Bonchev–Trinajstić information content (AvgIpc) is 2.66. The minimum atomic E-state index is -3.34. The molecule has 4 rings (SSSR count). The van der Waals surface area contributed by atoms with Gasteiger partial charge in [0, 0.05) is 12.1 Å². The second-order valence-corrected chi connectivity index (χ2v) is 8.43. The maximum atomic E-state index is 11.6. The summed E-state index contributed by atoms with van der Waals surface area (Å²) in [5.74, 6) is 0.172. The van der Waals surface area contributed by atoms with Crippen molar-refractivity contribution in [2.75, 3.05) is 6.26 Å². The summed E-state index contributed by atoms with van der Waals surface area (Å²) in [5.41, 5.74) is 2.37. The Kier molecular flexibility index (Phi) is 4.34. The highest BCUT2D eigenvalue weighted by molar-refractivity contribution is 7.88. The molecule has 0 saturated carbocycles. The molecule has 4 nitrogen and oxygen atoms in total. The van der Waals surface area contributed by atoms with Crippen LogP contribution in [0, 0.1) is 0 Å². The van der Waals surface area contributed by atoms with Gasteiger partial charge in [-0.25, -0.2) is 13.1 Å². The molecular formula is C22H19NO3S. The number of aromatic hydroxyl groups is 1. The smallest absolute Gasteiger partial charge is 0.209 e. The van der Waals surface area contributed by atoms with Crippen molar-refractivity contribution in [3.05, 3.63) is 78.4 Å². The predicted molar refractivity (Wildman–Crippen MR) is 110 cm³/mol. The van der Waals surface area contributed by atoms with Gasteiger partial charge in [0.15, 0.2) is 0 Å². The van der Waals surface area contributed by atoms with Crippen molar-refractivity contribution in [2.24, 2.45) is 0 Å². The summed E-state index contributed by atoms with van der Waals surface area (Å²) in [5, 5.41) is 14.7. The molecular weight excluding hydrogens is 358 g/mol. The molecule has 4 aromatic rings. The van der Waals surface area contributed by atoms with E-state index >= 15 is 0 Å². The number of benzene rings is 4. The van der Waals surface area contributed by atoms with Crippen LogP contribution in [0.2, 0.25) is 0 Å². The van der Waals surface area contributed by atoms with Crippen LogP contribution in [0.15, 0.2) is 72.8 Å². The van der Waals surface area contributed by atoms with E-state index in [-0.39, 0.29) is 12.3 Å². The Bertz CT molecular complexity index is 1260. The Hall–Kier alpha value is -2.89. The van der Waals surface area contributed by atoms with Crippen molar-refractivity contribution in [3.8, 4) is 16.9 Å². The summed E-state index contributed by atoms with van der Waals surface area (Å²) >= 11 is 0. The molecule has 5 heteroatoms. The van der Waals surface area contributed by atoms with Gasteiger partial charge in [-0.05, 0) is 38.7 Å². The third kappa shape index (κ3) is 3.39. The number of nitrogens with one attached hydrogen (secondary N) is 1. The third-order valence-corrected chi connectivity index (χ3v) is 5.37. The molecule has 136 valence electrons. The first-order valence-corrected chi connectivity index (χ1v) is 10.5. The molecule has 0 bridgehead atoms. The first-order chi connectivity index (χ1) is 12.9. The summed E-state index contributed by atoms with van der Waals surface area (Å²) in [6, 6.07) is 23.2. The maximum Gasteiger partial charge on any atom is 0.209 e. The van der Waals surface area contributed by atoms with Crippen LogP contribution in [-0.4, -0.2) is 19.8 Å². The van der Waals surface area contributed by atoms with Gasteiger partial charge in [0.1, 0.15) is 5.75 Å². The molecule has 0 spiro atoms. The average molecular weight is 377 g/mol. The van der Waals surface area contributed by atoms with E-state index in [9.17, 15) is 13.5 Å².